The molecule has 0 fully saturated rings. The van der Waals surface area contributed by atoms with Crippen LogP contribution in [0.5, 0.6) is 0 Å². The van der Waals surface area contributed by atoms with E-state index in [0.29, 0.717) is 0 Å². The second-order valence-electron chi connectivity index (χ2n) is 10.4. The lowest BCUT2D eigenvalue weighted by molar-refractivity contribution is -0.154. The Bertz CT molecular complexity index is 1290. The molecule has 42 heavy (non-hydrogen) atoms. The molecule has 5 amide bonds. The van der Waals surface area contributed by atoms with Crippen molar-refractivity contribution in [1.82, 2.24) is 26.6 Å². The molecule has 5 N–H and O–H groups in total. The molecule has 0 bridgehead atoms. The Morgan fingerprint density at radius 3 is 1.48 bits per heavy atom. The van der Waals surface area contributed by atoms with Crippen molar-refractivity contribution in [2.45, 2.75) is 32.3 Å². The number of carbonyl (C=O) groups is 6. The number of carbonyl (C=O) groups excluding carboxylic acids is 6. The summed E-state index contributed by atoms with van der Waals surface area (Å²) in [6.07, 6.45) is -0.775. The number of nitrogens with one attached hydrogen (secondary N) is 5. The first-order valence-electron chi connectivity index (χ1n) is 13.3. The molecule has 0 unspecified atom stereocenters. The Labute approximate surface area is 243 Å². The fourth-order valence-electron chi connectivity index (χ4n) is 4.14. The van der Waals surface area contributed by atoms with Gasteiger partial charge >= 0.3 is 12.1 Å². The second kappa shape index (κ2) is 14.6. The van der Waals surface area contributed by atoms with Gasteiger partial charge in [-0.2, -0.15) is 0 Å². The molecule has 2 aromatic rings. The zero-order chi connectivity index (χ0) is 30.7. The predicted octanol–water partition coefficient (Wildman–Crippen LogP) is 0.332. The summed E-state index contributed by atoms with van der Waals surface area (Å²) in [6.45, 7) is 3.13. The average molecular weight is 582 g/mol. The third-order valence-corrected chi connectivity index (χ3v) is 5.93. The van der Waals surface area contributed by atoms with E-state index in [9.17, 15) is 28.8 Å². The highest BCUT2D eigenvalue weighted by Gasteiger charge is 2.29. The van der Waals surface area contributed by atoms with Gasteiger partial charge in [-0.3, -0.25) is 24.0 Å². The van der Waals surface area contributed by atoms with Gasteiger partial charge in [-0.1, -0.05) is 48.5 Å². The smallest absolute Gasteiger partial charge is 0.407 e. The number of rotatable bonds is 12. The number of ether oxygens (including phenoxy) is 2. The first-order valence-corrected chi connectivity index (χ1v) is 13.3. The Hall–Kier alpha value is -4.94. The van der Waals surface area contributed by atoms with Crippen molar-refractivity contribution in [3.8, 4) is 11.1 Å². The monoisotopic (exact) mass is 581 g/mol. The Balaban J connectivity index is 1.27. The third kappa shape index (κ3) is 9.91. The van der Waals surface area contributed by atoms with Gasteiger partial charge in [0.05, 0.1) is 19.6 Å². The third-order valence-electron chi connectivity index (χ3n) is 5.93. The molecule has 2 aromatic carbocycles. The number of alkyl carbamates (subject to hydrolysis) is 1. The van der Waals surface area contributed by atoms with Crippen LogP contribution in [0.4, 0.5) is 4.79 Å². The lowest BCUT2D eigenvalue weighted by Crippen LogP contribution is -2.46. The fourth-order valence-corrected chi connectivity index (χ4v) is 4.14. The second-order valence-corrected chi connectivity index (χ2v) is 10.4. The van der Waals surface area contributed by atoms with Gasteiger partial charge in [-0.25, -0.2) is 4.79 Å². The fraction of sp³-hybridized carbons (Fsp3) is 0.379. The molecule has 0 radical (unpaired) electrons. The molecule has 0 saturated carbocycles. The zero-order valence-corrected chi connectivity index (χ0v) is 23.7. The lowest BCUT2D eigenvalue weighted by Gasteiger charge is -2.19. The largest absolute Gasteiger partial charge is 0.459 e. The van der Waals surface area contributed by atoms with Crippen LogP contribution in [0.15, 0.2) is 48.5 Å². The van der Waals surface area contributed by atoms with E-state index in [2.05, 4.69) is 26.6 Å². The highest BCUT2D eigenvalue weighted by atomic mass is 16.6. The molecule has 0 spiro atoms. The number of fused-ring (bicyclic) bond motifs is 3. The molecule has 1 aliphatic rings. The van der Waals surface area contributed by atoms with Crippen LogP contribution in [0.3, 0.4) is 0 Å². The Kier molecular flexibility index (Phi) is 11.0. The number of hydrogen-bond acceptors (Lipinski definition) is 8. The van der Waals surface area contributed by atoms with Gasteiger partial charge in [0.25, 0.3) is 0 Å². The number of benzene rings is 2. The van der Waals surface area contributed by atoms with Gasteiger partial charge in [0.15, 0.2) is 0 Å². The molecule has 0 aliphatic heterocycles. The molecule has 0 aromatic heterocycles. The van der Waals surface area contributed by atoms with Crippen LogP contribution in [0.1, 0.15) is 37.8 Å². The molecule has 0 heterocycles. The summed E-state index contributed by atoms with van der Waals surface area (Å²) in [6, 6.07) is 15.8. The highest BCUT2D eigenvalue weighted by molar-refractivity contribution is 5.91. The minimum atomic E-state index is -0.775. The molecule has 13 heteroatoms. The first-order chi connectivity index (χ1) is 19.9. The topological polar surface area (TPSA) is 181 Å². The maximum absolute atomic E-state index is 12.2. The van der Waals surface area contributed by atoms with Crippen molar-refractivity contribution in [1.29, 1.82) is 0 Å². The van der Waals surface area contributed by atoms with Crippen molar-refractivity contribution in [3.63, 3.8) is 0 Å². The van der Waals surface area contributed by atoms with Crippen molar-refractivity contribution >= 4 is 35.7 Å². The van der Waals surface area contributed by atoms with Crippen LogP contribution < -0.4 is 26.6 Å². The van der Waals surface area contributed by atoms with E-state index in [-0.39, 0.29) is 19.1 Å². The average Bonchev–Trinajstić information content (AvgIpc) is 3.27. The summed E-state index contributed by atoms with van der Waals surface area (Å²) >= 11 is 0. The first kappa shape index (κ1) is 31.6. The van der Waals surface area contributed by atoms with E-state index in [4.69, 9.17) is 9.47 Å². The van der Waals surface area contributed by atoms with Crippen molar-refractivity contribution < 1.29 is 38.2 Å². The molecule has 13 nitrogen and oxygen atoms in total. The van der Waals surface area contributed by atoms with Crippen molar-refractivity contribution in [3.05, 3.63) is 59.7 Å². The van der Waals surface area contributed by atoms with Crippen molar-refractivity contribution in [2.75, 3.05) is 39.3 Å². The van der Waals surface area contributed by atoms with Gasteiger partial charge in [-0.15, -0.1) is 0 Å². The minimum Gasteiger partial charge on any atom is -0.459 e. The standard InChI is InChI=1S/C29H35N5O8/c1-29(2,3)42-27(39)16-33-25(37)14-31-23(35)12-30-24(36)13-32-26(38)15-34-28(40)41-17-22-20-10-6-4-8-18(20)19-9-5-7-11-21(19)22/h4-11,22H,12-17H2,1-3H3,(H,30,36)(H,31,35)(H,32,38)(H,33,37)(H,34,40). The Morgan fingerprint density at radius 1 is 0.619 bits per heavy atom. The van der Waals surface area contributed by atoms with E-state index in [1.165, 1.54) is 0 Å². The number of amides is 5. The normalized spacial score (nSPS) is 11.8. The Morgan fingerprint density at radius 2 is 1.02 bits per heavy atom. The summed E-state index contributed by atoms with van der Waals surface area (Å²) in [5.41, 5.74) is 3.62. The van der Waals surface area contributed by atoms with Crippen LogP contribution in [-0.4, -0.2) is 80.6 Å². The molecule has 0 atom stereocenters. The SMILES string of the molecule is CC(C)(C)OC(=O)CNC(=O)CNC(=O)CNC(=O)CNC(=O)CNC(=O)OCC1c2ccccc2-c2ccccc21. The van der Waals surface area contributed by atoms with Gasteiger partial charge in [-0.05, 0) is 43.0 Å². The summed E-state index contributed by atoms with van der Waals surface area (Å²) in [5, 5.41) is 11.5. The number of hydrogen-bond donors (Lipinski definition) is 5. The molecular weight excluding hydrogens is 546 g/mol. The van der Waals surface area contributed by atoms with E-state index in [1.54, 1.807) is 20.8 Å². The lowest BCUT2D eigenvalue weighted by atomic mass is 9.98. The van der Waals surface area contributed by atoms with E-state index in [1.807, 2.05) is 48.5 Å². The number of esters is 1. The highest BCUT2D eigenvalue weighted by Crippen LogP contribution is 2.44. The van der Waals surface area contributed by atoms with Gasteiger partial charge in [0.1, 0.15) is 25.3 Å². The van der Waals surface area contributed by atoms with E-state index in [0.717, 1.165) is 22.3 Å². The van der Waals surface area contributed by atoms with Crippen LogP contribution in [0, 0.1) is 0 Å². The van der Waals surface area contributed by atoms with Crippen LogP contribution >= 0.6 is 0 Å². The van der Waals surface area contributed by atoms with Gasteiger partial charge < -0.3 is 36.1 Å². The maximum Gasteiger partial charge on any atom is 0.407 e. The van der Waals surface area contributed by atoms with E-state index >= 15 is 0 Å². The predicted molar refractivity (Wildman–Crippen MR) is 151 cm³/mol. The van der Waals surface area contributed by atoms with Crippen LogP contribution in [0.2, 0.25) is 0 Å². The van der Waals surface area contributed by atoms with Gasteiger partial charge in [0, 0.05) is 5.92 Å². The van der Waals surface area contributed by atoms with Crippen molar-refractivity contribution in [2.24, 2.45) is 0 Å². The summed E-state index contributed by atoms with van der Waals surface area (Å²) in [4.78, 5) is 71.3. The molecular formula is C29H35N5O8. The molecule has 1 aliphatic carbocycles. The summed E-state index contributed by atoms with van der Waals surface area (Å²) < 4.78 is 10.4. The summed E-state index contributed by atoms with van der Waals surface area (Å²) in [5.74, 6) is -3.30. The van der Waals surface area contributed by atoms with Crippen LogP contribution in [0.25, 0.3) is 11.1 Å². The molecule has 0 saturated heterocycles. The van der Waals surface area contributed by atoms with Gasteiger partial charge in [0.2, 0.25) is 23.6 Å². The minimum absolute atomic E-state index is 0.0946. The summed E-state index contributed by atoms with van der Waals surface area (Å²) in [7, 11) is 0. The maximum atomic E-state index is 12.2. The molecule has 224 valence electrons. The quantitative estimate of drug-likeness (QED) is 0.222. The molecule has 3 rings (SSSR count). The van der Waals surface area contributed by atoms with E-state index < -0.39 is 67.5 Å². The zero-order valence-electron chi connectivity index (χ0n) is 23.7. The van der Waals surface area contributed by atoms with Crippen LogP contribution in [-0.2, 0) is 33.4 Å².